The molecule has 0 spiro atoms. The predicted octanol–water partition coefficient (Wildman–Crippen LogP) is 2.80. The molecule has 0 radical (unpaired) electrons. The Kier molecular flexibility index (Phi) is 5.32. The van der Waals surface area contributed by atoms with Crippen LogP contribution in [0.5, 0.6) is 0 Å². The number of carbonyl (C=O) groups is 1. The summed E-state index contributed by atoms with van der Waals surface area (Å²) in [6.07, 6.45) is 0.839. The Bertz CT molecular complexity index is 1210. The second kappa shape index (κ2) is 7.85. The second-order valence-electron chi connectivity index (χ2n) is 7.26. The highest BCUT2D eigenvalue weighted by atomic mass is 35.5. The van der Waals surface area contributed by atoms with Crippen molar-refractivity contribution >= 4 is 60.3 Å². The van der Waals surface area contributed by atoms with Crippen molar-refractivity contribution in [2.24, 2.45) is 0 Å². The van der Waals surface area contributed by atoms with E-state index >= 15 is 0 Å². The first-order valence-electron chi connectivity index (χ1n) is 9.59. The molecular formula is C19H19ClN4O3S3. The number of rotatable bonds is 3. The van der Waals surface area contributed by atoms with Crippen molar-refractivity contribution in [1.29, 1.82) is 0 Å². The molecule has 4 heterocycles. The molecular weight excluding hydrogens is 464 g/mol. The molecule has 3 aromatic rings. The van der Waals surface area contributed by atoms with E-state index in [2.05, 4.69) is 10.3 Å². The maximum absolute atomic E-state index is 13.1. The first kappa shape index (κ1) is 20.3. The summed E-state index contributed by atoms with van der Waals surface area (Å²) in [6.45, 7) is 2.90. The Morgan fingerprint density at radius 2 is 1.93 bits per heavy atom. The van der Waals surface area contributed by atoms with Gasteiger partial charge in [0.1, 0.15) is 4.21 Å². The first-order valence-corrected chi connectivity index (χ1v) is 13.0. The monoisotopic (exact) mass is 482 g/mol. The van der Waals surface area contributed by atoms with Crippen LogP contribution < -0.4 is 5.32 Å². The normalized spacial score (nSPS) is 18.0. The summed E-state index contributed by atoms with van der Waals surface area (Å²) in [5.74, 6) is -0.108. The molecule has 5 rings (SSSR count). The summed E-state index contributed by atoms with van der Waals surface area (Å²) in [7, 11) is -3.60. The van der Waals surface area contributed by atoms with Crippen LogP contribution in [0.15, 0.2) is 28.5 Å². The van der Waals surface area contributed by atoms with Gasteiger partial charge in [-0.3, -0.25) is 4.79 Å². The van der Waals surface area contributed by atoms with Gasteiger partial charge in [0.2, 0.25) is 0 Å². The number of halogens is 1. The highest BCUT2D eigenvalue weighted by Gasteiger charge is 2.32. The van der Waals surface area contributed by atoms with Crippen LogP contribution in [0.3, 0.4) is 0 Å². The molecule has 0 unspecified atom stereocenters. The molecule has 0 saturated carbocycles. The number of carbonyl (C=O) groups excluding carboxylic acids is 1. The fourth-order valence-corrected chi connectivity index (χ4v) is 8.02. The van der Waals surface area contributed by atoms with Crippen molar-refractivity contribution in [3.05, 3.63) is 44.9 Å². The first-order chi connectivity index (χ1) is 14.4. The zero-order chi connectivity index (χ0) is 20.9. The minimum absolute atomic E-state index is 0.108. The quantitative estimate of drug-likeness (QED) is 0.620. The maximum atomic E-state index is 13.1. The number of nitrogens with zero attached hydrogens (tertiary/aromatic N) is 3. The van der Waals surface area contributed by atoms with Crippen molar-refractivity contribution in [3.63, 3.8) is 0 Å². The highest BCUT2D eigenvalue weighted by molar-refractivity contribution is 7.91. The summed E-state index contributed by atoms with van der Waals surface area (Å²) >= 11 is 8.68. The van der Waals surface area contributed by atoms with Crippen molar-refractivity contribution < 1.29 is 13.2 Å². The third kappa shape index (κ3) is 3.65. The van der Waals surface area contributed by atoms with E-state index in [0.29, 0.717) is 27.3 Å². The van der Waals surface area contributed by atoms with E-state index in [4.69, 9.17) is 11.6 Å². The number of amides is 1. The molecule has 7 nitrogen and oxygen atoms in total. The lowest BCUT2D eigenvalue weighted by Crippen LogP contribution is -2.50. The number of sulfonamides is 1. The van der Waals surface area contributed by atoms with Gasteiger partial charge in [-0.05, 0) is 23.6 Å². The fourth-order valence-electron chi connectivity index (χ4n) is 3.72. The largest absolute Gasteiger partial charge is 0.334 e. The van der Waals surface area contributed by atoms with E-state index in [9.17, 15) is 13.2 Å². The van der Waals surface area contributed by atoms with E-state index < -0.39 is 10.0 Å². The zero-order valence-corrected chi connectivity index (χ0v) is 19.1. The van der Waals surface area contributed by atoms with Gasteiger partial charge in [0, 0.05) is 60.3 Å². The van der Waals surface area contributed by atoms with Crippen LogP contribution in [0.4, 0.5) is 0 Å². The Labute approximate surface area is 187 Å². The topological polar surface area (TPSA) is 82.6 Å². The third-order valence-corrected chi connectivity index (χ3v) is 10.1. The summed E-state index contributed by atoms with van der Waals surface area (Å²) in [4.78, 5) is 20.2. The summed E-state index contributed by atoms with van der Waals surface area (Å²) in [5, 5.41) is 5.23. The SMILES string of the molecule is O=C(c1nc2c(s1)CNCC2)N1CCN(S(=O)(=O)c2cc3ccc(Cl)cc3s2)CC1. The molecule has 1 aromatic carbocycles. The Morgan fingerprint density at radius 1 is 1.13 bits per heavy atom. The molecule has 2 aliphatic rings. The van der Waals surface area contributed by atoms with Gasteiger partial charge in [0.05, 0.1) is 5.69 Å². The van der Waals surface area contributed by atoms with Crippen LogP contribution in [0.1, 0.15) is 20.4 Å². The van der Waals surface area contributed by atoms with Gasteiger partial charge in [-0.1, -0.05) is 17.7 Å². The smallest absolute Gasteiger partial charge is 0.282 e. The standard InChI is InChI=1S/C19H19ClN4O3S3/c20-13-2-1-12-9-17(28-15(12)10-13)30(26,27)24-7-5-23(6-8-24)19(25)18-22-14-3-4-21-11-16(14)29-18/h1-2,9-10,21H,3-8,11H2. The van der Waals surface area contributed by atoms with E-state index in [1.54, 1.807) is 23.1 Å². The molecule has 1 amide bonds. The van der Waals surface area contributed by atoms with Crippen LogP contribution in [-0.4, -0.2) is 61.2 Å². The van der Waals surface area contributed by atoms with Crippen LogP contribution >= 0.6 is 34.3 Å². The van der Waals surface area contributed by atoms with Gasteiger partial charge in [-0.2, -0.15) is 4.31 Å². The number of nitrogens with one attached hydrogen (secondary N) is 1. The van der Waals surface area contributed by atoms with Crippen molar-refractivity contribution in [2.75, 3.05) is 32.7 Å². The van der Waals surface area contributed by atoms with E-state index in [1.165, 1.54) is 27.0 Å². The van der Waals surface area contributed by atoms with Gasteiger partial charge in [0.15, 0.2) is 5.01 Å². The lowest BCUT2D eigenvalue weighted by molar-refractivity contribution is 0.0697. The number of benzene rings is 1. The minimum atomic E-state index is -3.60. The number of thiophene rings is 1. The molecule has 0 atom stereocenters. The molecule has 1 N–H and O–H groups in total. The van der Waals surface area contributed by atoms with Crippen molar-refractivity contribution in [3.8, 4) is 0 Å². The van der Waals surface area contributed by atoms with Crippen LogP contribution in [0.2, 0.25) is 5.02 Å². The average Bonchev–Trinajstić information content (AvgIpc) is 3.37. The predicted molar refractivity (Wildman–Crippen MR) is 119 cm³/mol. The van der Waals surface area contributed by atoms with Crippen LogP contribution in [-0.2, 0) is 23.0 Å². The zero-order valence-electron chi connectivity index (χ0n) is 15.9. The Morgan fingerprint density at radius 3 is 2.70 bits per heavy atom. The molecule has 1 fully saturated rings. The van der Waals surface area contributed by atoms with Crippen molar-refractivity contribution in [2.45, 2.75) is 17.2 Å². The van der Waals surface area contributed by atoms with Gasteiger partial charge in [0.25, 0.3) is 15.9 Å². The van der Waals surface area contributed by atoms with Gasteiger partial charge < -0.3 is 10.2 Å². The molecule has 1 saturated heterocycles. The lowest BCUT2D eigenvalue weighted by Gasteiger charge is -2.33. The van der Waals surface area contributed by atoms with Crippen LogP contribution in [0, 0.1) is 0 Å². The Hall–Kier alpha value is -1.56. The molecule has 158 valence electrons. The maximum Gasteiger partial charge on any atom is 0.282 e. The molecule has 2 aromatic heterocycles. The van der Waals surface area contributed by atoms with Gasteiger partial charge in [-0.25, -0.2) is 13.4 Å². The molecule has 0 aliphatic carbocycles. The number of thiazole rings is 1. The number of hydrogen-bond acceptors (Lipinski definition) is 7. The molecule has 30 heavy (non-hydrogen) atoms. The fraction of sp³-hybridized carbons (Fsp3) is 0.368. The number of hydrogen-bond donors (Lipinski definition) is 1. The summed E-state index contributed by atoms with van der Waals surface area (Å²) in [6, 6.07) is 7.05. The summed E-state index contributed by atoms with van der Waals surface area (Å²) in [5.41, 5.74) is 1.01. The number of piperazine rings is 1. The summed E-state index contributed by atoms with van der Waals surface area (Å²) < 4.78 is 28.8. The molecule has 2 aliphatic heterocycles. The molecule has 0 bridgehead atoms. The number of aromatic nitrogens is 1. The highest BCUT2D eigenvalue weighted by Crippen LogP contribution is 2.33. The van der Waals surface area contributed by atoms with Gasteiger partial charge >= 0.3 is 0 Å². The van der Waals surface area contributed by atoms with E-state index in [0.717, 1.165) is 40.2 Å². The van der Waals surface area contributed by atoms with E-state index in [1.807, 2.05) is 6.07 Å². The average molecular weight is 483 g/mol. The van der Waals surface area contributed by atoms with Crippen LogP contribution in [0.25, 0.3) is 10.1 Å². The second-order valence-corrected chi connectivity index (χ2v) is 12.0. The third-order valence-electron chi connectivity index (χ3n) is 5.36. The molecule has 11 heteroatoms. The lowest BCUT2D eigenvalue weighted by atomic mass is 10.2. The number of fused-ring (bicyclic) bond motifs is 2. The van der Waals surface area contributed by atoms with Crippen molar-refractivity contribution in [1.82, 2.24) is 19.5 Å². The van der Waals surface area contributed by atoms with Gasteiger partial charge in [-0.15, -0.1) is 22.7 Å². The van der Waals surface area contributed by atoms with E-state index in [-0.39, 0.29) is 19.0 Å². The Balaban J connectivity index is 1.29. The minimum Gasteiger partial charge on any atom is -0.334 e.